The zero-order chi connectivity index (χ0) is 16.1. The van der Waals surface area contributed by atoms with Crippen LogP contribution in [-0.4, -0.2) is 45.5 Å². The molecule has 0 saturated carbocycles. The summed E-state index contributed by atoms with van der Waals surface area (Å²) in [6, 6.07) is 2.81. The van der Waals surface area contributed by atoms with Crippen molar-refractivity contribution in [2.45, 2.75) is 4.90 Å². The number of benzene rings is 1. The minimum Gasteiger partial charge on any atom is -0.478 e. The highest BCUT2D eigenvalue weighted by Crippen LogP contribution is 2.27. The van der Waals surface area contributed by atoms with Crippen molar-refractivity contribution in [2.24, 2.45) is 0 Å². The molecule has 0 fully saturated rings. The molecule has 2 aromatic heterocycles. The van der Waals surface area contributed by atoms with Gasteiger partial charge < -0.3 is 10.1 Å². The molecule has 114 valence electrons. The van der Waals surface area contributed by atoms with Gasteiger partial charge in [0.2, 0.25) is 5.95 Å². The molecule has 0 atom stereocenters. The van der Waals surface area contributed by atoms with Crippen LogP contribution in [0.4, 0.5) is 0 Å². The van der Waals surface area contributed by atoms with E-state index in [-0.39, 0.29) is 21.4 Å². The summed E-state index contributed by atoms with van der Waals surface area (Å²) >= 11 is 5.96. The van der Waals surface area contributed by atoms with Crippen LogP contribution in [0.3, 0.4) is 0 Å². The first-order valence-corrected chi connectivity index (χ1v) is 8.20. The Hall–Kier alpha value is -2.39. The van der Waals surface area contributed by atoms with Crippen LogP contribution in [0.25, 0.3) is 17.0 Å². The minimum atomic E-state index is -3.47. The number of nitrogens with zero attached hydrogens (tertiary/aromatic N) is 3. The van der Waals surface area contributed by atoms with Crippen LogP contribution in [-0.2, 0) is 9.84 Å². The summed E-state index contributed by atoms with van der Waals surface area (Å²) in [6.45, 7) is 0. The number of aromatic carboxylic acids is 1. The normalized spacial score (nSPS) is 11.9. The van der Waals surface area contributed by atoms with E-state index in [1.807, 2.05) is 0 Å². The van der Waals surface area contributed by atoms with Crippen molar-refractivity contribution in [3.8, 4) is 5.95 Å². The minimum absolute atomic E-state index is 0.00955. The number of carboxylic acids is 1. The SMILES string of the molecule is CS(=O)(=O)c1cc2[nH]c(-n3cc(C(=O)O)cn3)nc2cc1Cl. The zero-order valence-corrected chi connectivity index (χ0v) is 12.7. The van der Waals surface area contributed by atoms with Crippen LogP contribution in [0, 0.1) is 0 Å². The number of hydrogen-bond acceptors (Lipinski definition) is 5. The summed E-state index contributed by atoms with van der Waals surface area (Å²) in [4.78, 5) is 17.9. The quantitative estimate of drug-likeness (QED) is 0.746. The van der Waals surface area contributed by atoms with E-state index in [2.05, 4.69) is 15.1 Å². The topological polar surface area (TPSA) is 118 Å². The van der Waals surface area contributed by atoms with Crippen LogP contribution >= 0.6 is 11.6 Å². The number of fused-ring (bicyclic) bond motifs is 1. The molecule has 10 heteroatoms. The number of imidazole rings is 1. The summed E-state index contributed by atoms with van der Waals surface area (Å²) in [5.74, 6) is -0.853. The Morgan fingerprint density at radius 3 is 2.73 bits per heavy atom. The van der Waals surface area contributed by atoms with Gasteiger partial charge in [0, 0.05) is 12.5 Å². The lowest BCUT2D eigenvalue weighted by molar-refractivity contribution is 0.0697. The molecule has 0 saturated heterocycles. The fourth-order valence-electron chi connectivity index (χ4n) is 1.94. The molecule has 0 spiro atoms. The van der Waals surface area contributed by atoms with Crippen molar-refractivity contribution in [3.63, 3.8) is 0 Å². The standard InChI is InChI=1S/C12H9ClN4O4S/c1-22(20,21)10-3-9-8(2-7(10)13)15-12(16-9)17-5-6(4-14-17)11(18)19/h2-5H,1H3,(H,15,16)(H,18,19). The highest BCUT2D eigenvalue weighted by molar-refractivity contribution is 7.90. The highest BCUT2D eigenvalue weighted by Gasteiger charge is 2.16. The molecule has 0 aliphatic carbocycles. The Kier molecular flexibility index (Phi) is 3.18. The summed E-state index contributed by atoms with van der Waals surface area (Å²) in [6.07, 6.45) is 3.54. The third-order valence-electron chi connectivity index (χ3n) is 2.97. The fourth-order valence-corrected chi connectivity index (χ4v) is 3.26. The first kappa shape index (κ1) is 14.5. The number of halogens is 1. The molecule has 8 nitrogen and oxygen atoms in total. The van der Waals surface area contributed by atoms with Gasteiger partial charge in [-0.05, 0) is 12.1 Å². The molecule has 2 N–H and O–H groups in total. The second-order valence-corrected chi connectivity index (χ2v) is 7.00. The smallest absolute Gasteiger partial charge is 0.338 e. The van der Waals surface area contributed by atoms with Gasteiger partial charge in [0.25, 0.3) is 0 Å². The summed E-state index contributed by atoms with van der Waals surface area (Å²) in [5.41, 5.74) is 0.905. The van der Waals surface area contributed by atoms with E-state index in [1.165, 1.54) is 29.2 Å². The van der Waals surface area contributed by atoms with E-state index in [0.717, 1.165) is 6.26 Å². The predicted octanol–water partition coefficient (Wildman–Crippen LogP) is 1.50. The number of hydrogen-bond donors (Lipinski definition) is 2. The van der Waals surface area contributed by atoms with E-state index < -0.39 is 15.8 Å². The van der Waals surface area contributed by atoms with Gasteiger partial charge in [-0.1, -0.05) is 11.6 Å². The number of aromatic amines is 1. The molecular formula is C12H9ClN4O4S. The van der Waals surface area contributed by atoms with E-state index in [4.69, 9.17) is 16.7 Å². The van der Waals surface area contributed by atoms with Crippen molar-refractivity contribution < 1.29 is 18.3 Å². The van der Waals surface area contributed by atoms with Crippen molar-refractivity contribution in [1.29, 1.82) is 0 Å². The lowest BCUT2D eigenvalue weighted by atomic mass is 10.3. The molecule has 0 amide bonds. The first-order chi connectivity index (χ1) is 10.3. The molecule has 0 radical (unpaired) electrons. The maximum Gasteiger partial charge on any atom is 0.338 e. The first-order valence-electron chi connectivity index (χ1n) is 5.93. The molecule has 22 heavy (non-hydrogen) atoms. The second-order valence-electron chi connectivity index (χ2n) is 4.61. The molecule has 2 heterocycles. The van der Waals surface area contributed by atoms with Crippen LogP contribution in [0.2, 0.25) is 5.02 Å². The van der Waals surface area contributed by atoms with Gasteiger partial charge in [0.15, 0.2) is 9.84 Å². The highest BCUT2D eigenvalue weighted by atomic mass is 35.5. The Balaban J connectivity index is 2.15. The van der Waals surface area contributed by atoms with E-state index in [0.29, 0.717) is 11.0 Å². The lowest BCUT2D eigenvalue weighted by Crippen LogP contribution is -1.98. The number of carboxylic acid groups (broad SMARTS) is 1. The zero-order valence-electron chi connectivity index (χ0n) is 11.1. The third kappa shape index (κ3) is 2.44. The van der Waals surface area contributed by atoms with Gasteiger partial charge in [-0.3, -0.25) is 0 Å². The van der Waals surface area contributed by atoms with Gasteiger partial charge in [0.1, 0.15) is 0 Å². The molecular weight excluding hydrogens is 332 g/mol. The predicted molar refractivity (Wildman–Crippen MR) is 78.3 cm³/mol. The number of nitrogens with one attached hydrogen (secondary N) is 1. The second kappa shape index (κ2) is 4.82. The average Bonchev–Trinajstić information content (AvgIpc) is 3.01. The van der Waals surface area contributed by atoms with Gasteiger partial charge >= 0.3 is 5.97 Å². The van der Waals surface area contributed by atoms with Crippen molar-refractivity contribution in [2.75, 3.05) is 6.26 Å². The van der Waals surface area contributed by atoms with Crippen LogP contribution < -0.4 is 0 Å². The number of H-pyrrole nitrogens is 1. The van der Waals surface area contributed by atoms with E-state index in [1.54, 1.807) is 0 Å². The van der Waals surface area contributed by atoms with Gasteiger partial charge in [0.05, 0.1) is 32.7 Å². The van der Waals surface area contributed by atoms with Crippen molar-refractivity contribution >= 4 is 38.4 Å². The Morgan fingerprint density at radius 2 is 2.14 bits per heavy atom. The van der Waals surface area contributed by atoms with Gasteiger partial charge in [-0.2, -0.15) is 5.10 Å². The number of sulfone groups is 1. The van der Waals surface area contributed by atoms with E-state index in [9.17, 15) is 13.2 Å². The third-order valence-corrected chi connectivity index (χ3v) is 4.53. The Bertz CT molecular complexity index is 1010. The average molecular weight is 341 g/mol. The monoisotopic (exact) mass is 340 g/mol. The number of rotatable bonds is 3. The van der Waals surface area contributed by atoms with Crippen LogP contribution in [0.5, 0.6) is 0 Å². The summed E-state index contributed by atoms with van der Waals surface area (Å²) in [7, 11) is -3.47. The number of aromatic nitrogens is 4. The summed E-state index contributed by atoms with van der Waals surface area (Å²) in [5, 5.41) is 12.8. The molecule has 0 aliphatic rings. The Labute approximate surface area is 129 Å². The van der Waals surface area contributed by atoms with Crippen molar-refractivity contribution in [3.05, 3.63) is 35.1 Å². The molecule has 0 unspecified atom stereocenters. The maximum atomic E-state index is 11.7. The van der Waals surface area contributed by atoms with Gasteiger partial charge in [-0.25, -0.2) is 22.9 Å². The largest absolute Gasteiger partial charge is 0.478 e. The van der Waals surface area contributed by atoms with E-state index >= 15 is 0 Å². The maximum absolute atomic E-state index is 11.7. The van der Waals surface area contributed by atoms with Crippen LogP contribution in [0.15, 0.2) is 29.4 Å². The molecule has 0 aliphatic heterocycles. The fraction of sp³-hybridized carbons (Fsp3) is 0.0833. The van der Waals surface area contributed by atoms with Crippen molar-refractivity contribution in [1.82, 2.24) is 19.7 Å². The summed E-state index contributed by atoms with van der Waals surface area (Å²) < 4.78 is 24.5. The molecule has 3 rings (SSSR count). The lowest BCUT2D eigenvalue weighted by Gasteiger charge is -2.00. The molecule has 1 aromatic carbocycles. The molecule has 3 aromatic rings. The Morgan fingerprint density at radius 1 is 1.41 bits per heavy atom. The number of carbonyl (C=O) groups is 1. The van der Waals surface area contributed by atoms with Crippen LogP contribution in [0.1, 0.15) is 10.4 Å². The van der Waals surface area contributed by atoms with Gasteiger partial charge in [-0.15, -0.1) is 0 Å². The molecule has 0 bridgehead atoms.